The minimum absolute atomic E-state index is 0.370. The van der Waals surface area contributed by atoms with Crippen LogP contribution in [0.3, 0.4) is 0 Å². The highest BCUT2D eigenvalue weighted by Gasteiger charge is 2.29. The molecule has 0 aliphatic carbocycles. The lowest BCUT2D eigenvalue weighted by Crippen LogP contribution is -2.28. The van der Waals surface area contributed by atoms with E-state index in [0.29, 0.717) is 6.54 Å². The molecule has 1 N–H and O–H groups in total. The van der Waals surface area contributed by atoms with E-state index in [4.69, 9.17) is 5.26 Å². The number of nitrogens with zero attached hydrogens (tertiary/aromatic N) is 2. The summed E-state index contributed by atoms with van der Waals surface area (Å²) >= 11 is 0. The standard InChI is InChI=1S/C19H21N3OS/c1-14-8-9-18-19(15(14)2)22(13-5-11-21-12-10-20)16-6-3-4-7-17(16)24(18)23/h3-4,6-9,21H,5,11-13H2,1-2H3. The Morgan fingerprint density at radius 1 is 1.17 bits per heavy atom. The Bertz CT molecular complexity index is 826. The summed E-state index contributed by atoms with van der Waals surface area (Å²) in [6, 6.07) is 14.1. The summed E-state index contributed by atoms with van der Waals surface area (Å²) in [6.07, 6.45) is 0.912. The third kappa shape index (κ3) is 2.95. The van der Waals surface area contributed by atoms with Gasteiger partial charge in [0.05, 0.1) is 44.6 Å². The van der Waals surface area contributed by atoms with Crippen LogP contribution in [0.4, 0.5) is 11.4 Å². The van der Waals surface area contributed by atoms with E-state index in [-0.39, 0.29) is 0 Å². The summed E-state index contributed by atoms with van der Waals surface area (Å²) in [6.45, 7) is 6.17. The van der Waals surface area contributed by atoms with Crippen LogP contribution in [-0.4, -0.2) is 23.8 Å². The van der Waals surface area contributed by atoms with Crippen LogP contribution in [0.5, 0.6) is 0 Å². The fourth-order valence-corrected chi connectivity index (χ4v) is 4.51. The lowest BCUT2D eigenvalue weighted by Gasteiger charge is -2.34. The molecule has 3 rings (SSSR count). The Morgan fingerprint density at radius 2 is 1.96 bits per heavy atom. The quantitative estimate of drug-likeness (QED) is 0.670. The summed E-state index contributed by atoms with van der Waals surface area (Å²) in [4.78, 5) is 4.04. The summed E-state index contributed by atoms with van der Waals surface area (Å²) < 4.78 is 13.0. The van der Waals surface area contributed by atoms with Crippen LogP contribution >= 0.6 is 0 Å². The van der Waals surface area contributed by atoms with Gasteiger partial charge in [-0.25, -0.2) is 4.21 Å². The molecule has 1 atom stereocenters. The Morgan fingerprint density at radius 3 is 2.75 bits per heavy atom. The molecule has 5 heteroatoms. The number of nitrogens with one attached hydrogen (secondary N) is 1. The van der Waals surface area contributed by atoms with Crippen molar-refractivity contribution in [2.24, 2.45) is 0 Å². The monoisotopic (exact) mass is 339 g/mol. The van der Waals surface area contributed by atoms with E-state index in [1.54, 1.807) is 0 Å². The van der Waals surface area contributed by atoms with Gasteiger partial charge in [0.15, 0.2) is 0 Å². The predicted molar refractivity (Wildman–Crippen MR) is 97.1 cm³/mol. The number of hydrogen-bond acceptors (Lipinski definition) is 4. The largest absolute Gasteiger partial charge is 0.339 e. The van der Waals surface area contributed by atoms with E-state index in [0.717, 1.165) is 40.7 Å². The summed E-state index contributed by atoms with van der Waals surface area (Å²) in [5.74, 6) is 0. The van der Waals surface area contributed by atoms with Crippen molar-refractivity contribution in [3.05, 3.63) is 47.5 Å². The molecular weight excluding hydrogens is 318 g/mol. The van der Waals surface area contributed by atoms with Crippen molar-refractivity contribution in [2.45, 2.75) is 30.1 Å². The SMILES string of the molecule is Cc1ccc2c(c1C)N(CCCNCC#N)c1ccccc1S2=O. The number of rotatable bonds is 5. The van der Waals surface area contributed by atoms with E-state index >= 15 is 0 Å². The van der Waals surface area contributed by atoms with Gasteiger partial charge >= 0.3 is 0 Å². The minimum atomic E-state index is -1.14. The third-order valence-electron chi connectivity index (χ3n) is 4.43. The number of anilines is 2. The molecule has 0 radical (unpaired) electrons. The molecule has 0 spiro atoms. The maximum Gasteiger partial charge on any atom is 0.0892 e. The van der Waals surface area contributed by atoms with Crippen LogP contribution in [0.2, 0.25) is 0 Å². The molecule has 2 aromatic rings. The number of aryl methyl sites for hydroxylation is 1. The lowest BCUT2D eigenvalue weighted by molar-refractivity contribution is 0.674. The fourth-order valence-electron chi connectivity index (χ4n) is 3.08. The highest BCUT2D eigenvalue weighted by molar-refractivity contribution is 7.85. The van der Waals surface area contributed by atoms with E-state index in [2.05, 4.69) is 30.1 Å². The topological polar surface area (TPSA) is 56.1 Å². The van der Waals surface area contributed by atoms with Gasteiger partial charge in [-0.05, 0) is 56.1 Å². The van der Waals surface area contributed by atoms with Crippen LogP contribution < -0.4 is 10.2 Å². The third-order valence-corrected chi connectivity index (χ3v) is 5.90. The van der Waals surface area contributed by atoms with E-state index in [1.807, 2.05) is 36.4 Å². The molecule has 0 aromatic heterocycles. The van der Waals surface area contributed by atoms with Crippen molar-refractivity contribution in [1.29, 1.82) is 5.26 Å². The zero-order valence-electron chi connectivity index (χ0n) is 14.0. The second-order valence-electron chi connectivity index (χ2n) is 5.93. The number of benzene rings is 2. The Balaban J connectivity index is 1.98. The molecule has 4 nitrogen and oxygen atoms in total. The maximum atomic E-state index is 13.0. The van der Waals surface area contributed by atoms with Crippen LogP contribution in [0.25, 0.3) is 0 Å². The van der Waals surface area contributed by atoms with Crippen LogP contribution in [0, 0.1) is 25.2 Å². The molecule has 124 valence electrons. The first-order valence-electron chi connectivity index (χ1n) is 8.11. The Kier molecular flexibility index (Phi) is 4.98. The van der Waals surface area contributed by atoms with Gasteiger partial charge in [0.1, 0.15) is 0 Å². The minimum Gasteiger partial charge on any atom is -0.339 e. The van der Waals surface area contributed by atoms with Gasteiger partial charge in [-0.3, -0.25) is 0 Å². The molecule has 1 heterocycles. The second-order valence-corrected chi connectivity index (χ2v) is 7.35. The Hall–Kier alpha value is -2.16. The first kappa shape index (κ1) is 16.7. The van der Waals surface area contributed by atoms with Crippen molar-refractivity contribution in [3.8, 4) is 6.07 Å². The molecule has 0 saturated heterocycles. The number of hydrogen-bond donors (Lipinski definition) is 1. The molecule has 0 saturated carbocycles. The van der Waals surface area contributed by atoms with Gasteiger partial charge in [-0.2, -0.15) is 5.26 Å². The average Bonchev–Trinajstić information content (AvgIpc) is 2.60. The molecule has 1 unspecified atom stereocenters. The van der Waals surface area contributed by atoms with E-state index < -0.39 is 10.8 Å². The van der Waals surface area contributed by atoms with Gasteiger partial charge < -0.3 is 10.2 Å². The smallest absolute Gasteiger partial charge is 0.0892 e. The maximum absolute atomic E-state index is 13.0. The molecule has 1 aliphatic heterocycles. The molecule has 2 aromatic carbocycles. The fraction of sp³-hybridized carbons (Fsp3) is 0.316. The van der Waals surface area contributed by atoms with Crippen molar-refractivity contribution in [1.82, 2.24) is 5.32 Å². The Labute approximate surface area is 145 Å². The van der Waals surface area contributed by atoms with Gasteiger partial charge in [0.25, 0.3) is 0 Å². The van der Waals surface area contributed by atoms with Crippen molar-refractivity contribution in [3.63, 3.8) is 0 Å². The van der Waals surface area contributed by atoms with Gasteiger partial charge in [0, 0.05) is 6.54 Å². The lowest BCUT2D eigenvalue weighted by atomic mass is 10.1. The average molecular weight is 339 g/mol. The van der Waals surface area contributed by atoms with Crippen molar-refractivity contribution < 1.29 is 4.21 Å². The van der Waals surface area contributed by atoms with Crippen LogP contribution in [0.15, 0.2) is 46.2 Å². The van der Waals surface area contributed by atoms with Crippen molar-refractivity contribution >= 4 is 22.2 Å². The first-order valence-corrected chi connectivity index (χ1v) is 9.26. The van der Waals surface area contributed by atoms with Crippen LogP contribution in [0.1, 0.15) is 17.5 Å². The van der Waals surface area contributed by atoms with Crippen molar-refractivity contribution in [2.75, 3.05) is 24.5 Å². The molecule has 1 aliphatic rings. The highest BCUT2D eigenvalue weighted by Crippen LogP contribution is 2.44. The second kappa shape index (κ2) is 7.16. The van der Waals surface area contributed by atoms with E-state index in [9.17, 15) is 4.21 Å². The van der Waals surface area contributed by atoms with E-state index in [1.165, 1.54) is 11.1 Å². The zero-order valence-corrected chi connectivity index (χ0v) is 14.8. The predicted octanol–water partition coefficient (Wildman–Crippen LogP) is 3.42. The highest BCUT2D eigenvalue weighted by atomic mass is 32.2. The summed E-state index contributed by atoms with van der Waals surface area (Å²) in [7, 11) is -1.14. The van der Waals surface area contributed by atoms with Gasteiger partial charge in [-0.15, -0.1) is 0 Å². The summed E-state index contributed by atoms with van der Waals surface area (Å²) in [5.41, 5.74) is 4.49. The number of fused-ring (bicyclic) bond motifs is 2. The first-order chi connectivity index (χ1) is 11.6. The molecule has 24 heavy (non-hydrogen) atoms. The molecule has 0 fully saturated rings. The summed E-state index contributed by atoms with van der Waals surface area (Å²) in [5, 5.41) is 11.7. The van der Waals surface area contributed by atoms with Gasteiger partial charge in [-0.1, -0.05) is 18.2 Å². The van der Waals surface area contributed by atoms with Gasteiger partial charge in [0.2, 0.25) is 0 Å². The molecular formula is C19H21N3OS. The zero-order chi connectivity index (χ0) is 17.1. The number of nitriles is 1. The molecule has 0 bridgehead atoms. The molecule has 0 amide bonds. The normalized spacial score (nSPS) is 15.5. The van der Waals surface area contributed by atoms with Crippen LogP contribution in [-0.2, 0) is 10.8 Å². The number of para-hydroxylation sites is 1.